The van der Waals surface area contributed by atoms with E-state index >= 15 is 0 Å². The highest BCUT2D eigenvalue weighted by Crippen LogP contribution is 2.45. The number of hydrogen-bond acceptors (Lipinski definition) is 1. The van der Waals surface area contributed by atoms with Crippen molar-refractivity contribution in [2.45, 2.75) is 96.4 Å². The van der Waals surface area contributed by atoms with Crippen LogP contribution in [0.15, 0.2) is 0 Å². The molecule has 0 aliphatic heterocycles. The van der Waals surface area contributed by atoms with E-state index in [1.54, 1.807) is 6.04 Å². The third-order valence-corrected chi connectivity index (χ3v) is 7.19. The number of nitrogens with one attached hydrogen (secondary N) is 1. The zero-order chi connectivity index (χ0) is 14.6. The molecule has 0 unspecified atom stereocenters. The lowest BCUT2D eigenvalue weighted by atomic mass is 9.70. The molecule has 0 radical (unpaired) electrons. The molecule has 118 valence electrons. The number of hydrogen-bond donors (Lipinski definition) is 1. The summed E-state index contributed by atoms with van der Waals surface area (Å²) in [5.41, 5.74) is 0.662. The third kappa shape index (κ3) is 5.52. The average Bonchev–Trinajstić information content (AvgIpc) is 3.18. The first-order chi connectivity index (χ1) is 9.42. The second kappa shape index (κ2) is 6.96. The maximum absolute atomic E-state index is 3.87. The molecule has 0 amide bonds. The van der Waals surface area contributed by atoms with Crippen LogP contribution in [0.1, 0.15) is 64.7 Å². The molecule has 1 N–H and O–H groups in total. The van der Waals surface area contributed by atoms with E-state index in [0.717, 1.165) is 12.0 Å². The van der Waals surface area contributed by atoms with Crippen LogP contribution >= 0.6 is 0 Å². The van der Waals surface area contributed by atoms with E-state index in [2.05, 4.69) is 31.9 Å². The van der Waals surface area contributed by atoms with Gasteiger partial charge in [0.15, 0.2) is 0 Å². The van der Waals surface area contributed by atoms with Gasteiger partial charge in [-0.15, -0.1) is 0 Å². The largest absolute Gasteiger partial charge is 0.313 e. The third-order valence-electron chi connectivity index (χ3n) is 5.38. The van der Waals surface area contributed by atoms with Crippen molar-refractivity contribution in [3.63, 3.8) is 0 Å². The normalized spacial score (nSPS) is 31.5. The average molecular weight is 296 g/mol. The Bertz CT molecular complexity index is 282. The molecule has 2 aliphatic carbocycles. The van der Waals surface area contributed by atoms with Crippen LogP contribution in [0, 0.1) is 11.3 Å². The van der Waals surface area contributed by atoms with Crippen LogP contribution < -0.4 is 5.32 Å². The Morgan fingerprint density at radius 3 is 2.20 bits per heavy atom. The van der Waals surface area contributed by atoms with Crippen molar-refractivity contribution in [3.8, 4) is 0 Å². The Hall–Kier alpha value is 0.177. The van der Waals surface area contributed by atoms with Gasteiger partial charge in [0, 0.05) is 20.7 Å². The molecule has 2 heteroatoms. The first kappa shape index (κ1) is 16.5. The summed E-state index contributed by atoms with van der Waals surface area (Å²) in [6, 6.07) is 2.42. The summed E-state index contributed by atoms with van der Waals surface area (Å²) < 4.78 is 0. The van der Waals surface area contributed by atoms with Crippen molar-refractivity contribution >= 4 is 8.07 Å². The summed E-state index contributed by atoms with van der Waals surface area (Å²) in [7, 11) is -0.956. The predicted molar refractivity (Wildman–Crippen MR) is 93.1 cm³/mol. The van der Waals surface area contributed by atoms with Crippen molar-refractivity contribution < 1.29 is 0 Å². The molecule has 20 heavy (non-hydrogen) atoms. The van der Waals surface area contributed by atoms with Gasteiger partial charge in [-0.1, -0.05) is 51.9 Å². The van der Waals surface area contributed by atoms with Crippen LogP contribution in [0.5, 0.6) is 0 Å². The molecule has 2 rings (SSSR count). The van der Waals surface area contributed by atoms with Crippen LogP contribution in [-0.4, -0.2) is 20.7 Å². The number of unbranched alkanes of at least 4 members (excludes halogenated alkanes) is 1. The van der Waals surface area contributed by atoms with Gasteiger partial charge >= 0.3 is 0 Å². The second-order valence-corrected chi connectivity index (χ2v) is 14.5. The fraction of sp³-hybridized carbons (Fsp3) is 1.00. The van der Waals surface area contributed by atoms with Gasteiger partial charge < -0.3 is 5.32 Å². The maximum atomic E-state index is 3.87. The molecule has 2 saturated carbocycles. The molecule has 0 aromatic rings. The molecule has 0 aromatic carbocycles. The van der Waals surface area contributed by atoms with Gasteiger partial charge in [0.05, 0.1) is 0 Å². The van der Waals surface area contributed by atoms with E-state index in [1.165, 1.54) is 64.3 Å². The lowest BCUT2D eigenvalue weighted by Gasteiger charge is -2.44. The molecule has 0 aromatic heterocycles. The Morgan fingerprint density at radius 2 is 1.70 bits per heavy atom. The minimum Gasteiger partial charge on any atom is -0.313 e. The van der Waals surface area contributed by atoms with E-state index < -0.39 is 8.07 Å². The highest BCUT2D eigenvalue weighted by Gasteiger charge is 2.39. The van der Waals surface area contributed by atoms with E-state index in [0.29, 0.717) is 5.41 Å². The summed E-state index contributed by atoms with van der Waals surface area (Å²) in [4.78, 5) is 0. The van der Waals surface area contributed by atoms with Crippen LogP contribution in [0.3, 0.4) is 0 Å². The van der Waals surface area contributed by atoms with Crippen LogP contribution in [0.25, 0.3) is 0 Å². The molecular formula is C18H37NSi. The first-order valence-electron chi connectivity index (χ1n) is 9.16. The fourth-order valence-corrected chi connectivity index (χ4v) is 6.99. The van der Waals surface area contributed by atoms with E-state index in [9.17, 15) is 0 Å². The zero-order valence-electron chi connectivity index (χ0n) is 14.4. The summed E-state index contributed by atoms with van der Waals surface area (Å²) in [6.07, 6.45) is 13.2. The van der Waals surface area contributed by atoms with Crippen LogP contribution in [-0.2, 0) is 0 Å². The zero-order valence-corrected chi connectivity index (χ0v) is 15.4. The lowest BCUT2D eigenvalue weighted by molar-refractivity contribution is 0.157. The van der Waals surface area contributed by atoms with E-state index in [4.69, 9.17) is 0 Å². The second-order valence-electron chi connectivity index (χ2n) is 8.98. The van der Waals surface area contributed by atoms with Gasteiger partial charge in [0.1, 0.15) is 0 Å². The Labute approximate surface area is 128 Å². The molecule has 0 atom stereocenters. The minimum atomic E-state index is -0.956. The van der Waals surface area contributed by atoms with Crippen LogP contribution in [0.4, 0.5) is 0 Å². The van der Waals surface area contributed by atoms with Gasteiger partial charge in [-0.25, -0.2) is 0 Å². The van der Waals surface area contributed by atoms with Crippen molar-refractivity contribution in [1.29, 1.82) is 0 Å². The fourth-order valence-electron chi connectivity index (χ4n) is 4.26. The SMILES string of the molecule is CCCCC1CCC(CNC2CC2)(C[Si](C)(C)C)CC1. The molecular weight excluding hydrogens is 258 g/mol. The van der Waals surface area contributed by atoms with Gasteiger partial charge in [-0.3, -0.25) is 0 Å². The topological polar surface area (TPSA) is 12.0 Å². The highest BCUT2D eigenvalue weighted by molar-refractivity contribution is 6.76. The standard InChI is InChI=1S/C18H37NSi/c1-5-6-7-16-10-12-18(13-11-16,15-20(2,3)4)14-19-17-8-9-17/h16-17,19H,5-15H2,1-4H3. The molecule has 0 spiro atoms. The predicted octanol–water partition coefficient (Wildman–Crippen LogP) is 5.44. The van der Waals surface area contributed by atoms with E-state index in [1.807, 2.05) is 0 Å². The first-order valence-corrected chi connectivity index (χ1v) is 12.9. The molecule has 0 heterocycles. The van der Waals surface area contributed by atoms with E-state index in [-0.39, 0.29) is 0 Å². The Morgan fingerprint density at radius 1 is 1.05 bits per heavy atom. The Kier molecular flexibility index (Phi) is 5.76. The Balaban J connectivity index is 1.86. The van der Waals surface area contributed by atoms with Crippen LogP contribution in [0.2, 0.25) is 25.7 Å². The highest BCUT2D eigenvalue weighted by atomic mass is 28.3. The molecule has 0 saturated heterocycles. The van der Waals surface area contributed by atoms with Crippen molar-refractivity contribution in [3.05, 3.63) is 0 Å². The number of rotatable bonds is 8. The lowest BCUT2D eigenvalue weighted by Crippen LogP contribution is -2.43. The molecule has 2 aliphatic rings. The molecule has 0 bridgehead atoms. The summed E-state index contributed by atoms with van der Waals surface area (Å²) >= 11 is 0. The van der Waals surface area contributed by atoms with Crippen molar-refractivity contribution in [2.24, 2.45) is 11.3 Å². The van der Waals surface area contributed by atoms with Gasteiger partial charge in [0.2, 0.25) is 0 Å². The minimum absolute atomic E-state index is 0.662. The van der Waals surface area contributed by atoms with Crippen molar-refractivity contribution in [1.82, 2.24) is 5.32 Å². The summed E-state index contributed by atoms with van der Waals surface area (Å²) in [6.45, 7) is 11.3. The quantitative estimate of drug-likeness (QED) is 0.588. The maximum Gasteiger partial charge on any atom is 0.0448 e. The summed E-state index contributed by atoms with van der Waals surface area (Å²) in [5.74, 6) is 1.05. The monoisotopic (exact) mass is 295 g/mol. The van der Waals surface area contributed by atoms with Gasteiger partial charge in [-0.05, 0) is 49.9 Å². The van der Waals surface area contributed by atoms with Gasteiger partial charge in [0.25, 0.3) is 0 Å². The summed E-state index contributed by atoms with van der Waals surface area (Å²) in [5, 5.41) is 3.87. The molecule has 1 nitrogen and oxygen atoms in total. The van der Waals surface area contributed by atoms with Crippen molar-refractivity contribution in [2.75, 3.05) is 6.54 Å². The van der Waals surface area contributed by atoms with Gasteiger partial charge in [-0.2, -0.15) is 0 Å². The smallest absolute Gasteiger partial charge is 0.0448 e. The molecule has 2 fully saturated rings.